The summed E-state index contributed by atoms with van der Waals surface area (Å²) in [6.07, 6.45) is 22.3. The summed E-state index contributed by atoms with van der Waals surface area (Å²) in [6.45, 7) is 17.8. The Kier molecular flexibility index (Phi) is 22.3. The van der Waals surface area contributed by atoms with E-state index < -0.39 is 0 Å². The number of morpholine rings is 2. The van der Waals surface area contributed by atoms with Gasteiger partial charge in [0.1, 0.15) is 39.3 Å². The van der Waals surface area contributed by atoms with Crippen LogP contribution in [-0.4, -0.2) is 74.7 Å². The van der Waals surface area contributed by atoms with Crippen LogP contribution in [0.15, 0.2) is 48.5 Å². The fraction of sp³-hybridized carbons (Fsp3) is 0.714. The molecule has 0 amide bonds. The van der Waals surface area contributed by atoms with Crippen molar-refractivity contribution in [3.8, 4) is 11.1 Å². The summed E-state index contributed by atoms with van der Waals surface area (Å²) in [6, 6.07) is 19.0. The van der Waals surface area contributed by atoms with E-state index in [0.29, 0.717) is 0 Å². The van der Waals surface area contributed by atoms with E-state index in [1.54, 1.807) is 0 Å². The minimum absolute atomic E-state index is 0. The zero-order chi connectivity index (χ0) is 32.2. The first-order valence-electron chi connectivity index (χ1n) is 19.7. The molecule has 0 N–H and O–H groups in total. The quantitative estimate of drug-likeness (QED) is 0.127. The molecule has 0 aromatic heterocycles. The van der Waals surface area contributed by atoms with E-state index in [0.717, 1.165) is 65.7 Å². The molecule has 2 aromatic rings. The van der Waals surface area contributed by atoms with Crippen LogP contribution in [-0.2, 0) is 22.6 Å². The Morgan fingerprint density at radius 2 is 0.708 bits per heavy atom. The molecule has 0 radical (unpaired) electrons. The van der Waals surface area contributed by atoms with Gasteiger partial charge in [0, 0.05) is 11.1 Å². The highest BCUT2D eigenvalue weighted by Crippen LogP contribution is 2.26. The fourth-order valence-corrected chi connectivity index (χ4v) is 7.92. The molecular weight excluding hydrogens is 635 g/mol. The Bertz CT molecular complexity index is 965. The third-order valence-corrected chi connectivity index (χ3v) is 11.1. The van der Waals surface area contributed by atoms with Crippen molar-refractivity contribution >= 4 is 0 Å². The topological polar surface area (TPSA) is 18.5 Å². The van der Waals surface area contributed by atoms with Crippen molar-refractivity contribution in [2.24, 2.45) is 0 Å². The Labute approximate surface area is 308 Å². The maximum atomic E-state index is 5.81. The second-order valence-electron chi connectivity index (χ2n) is 14.9. The third kappa shape index (κ3) is 15.4. The summed E-state index contributed by atoms with van der Waals surface area (Å²) in [7, 11) is 0. The molecule has 0 spiro atoms. The monoisotopic (exact) mass is 704 g/mol. The Morgan fingerprint density at radius 1 is 0.417 bits per heavy atom. The minimum atomic E-state index is 0. The molecule has 2 aromatic carbocycles. The minimum Gasteiger partial charge on any atom is -1.00 e. The zero-order valence-corrected chi connectivity index (χ0v) is 32.4. The van der Waals surface area contributed by atoms with Gasteiger partial charge in [0.15, 0.2) is 0 Å². The third-order valence-electron chi connectivity index (χ3n) is 11.1. The van der Waals surface area contributed by atoms with Crippen LogP contribution in [0, 0.1) is 0 Å². The lowest BCUT2D eigenvalue weighted by Gasteiger charge is -2.41. The van der Waals surface area contributed by atoms with Gasteiger partial charge < -0.3 is 43.3 Å². The number of quaternary nitrogens is 2. The first-order valence-corrected chi connectivity index (χ1v) is 19.7. The van der Waals surface area contributed by atoms with Crippen molar-refractivity contribution < 1.29 is 43.3 Å². The van der Waals surface area contributed by atoms with Crippen LogP contribution in [0.4, 0.5) is 0 Å². The number of nitrogens with zero attached hydrogens (tertiary/aromatic N) is 2. The van der Waals surface area contributed by atoms with Crippen LogP contribution < -0.4 is 24.8 Å². The van der Waals surface area contributed by atoms with Crippen LogP contribution in [0.1, 0.15) is 128 Å². The molecule has 0 bridgehead atoms. The number of ether oxygens (including phenoxy) is 2. The zero-order valence-electron chi connectivity index (χ0n) is 30.9. The van der Waals surface area contributed by atoms with Crippen molar-refractivity contribution in [1.82, 2.24) is 0 Å². The van der Waals surface area contributed by atoms with E-state index in [4.69, 9.17) is 9.47 Å². The van der Waals surface area contributed by atoms with E-state index >= 15 is 0 Å². The van der Waals surface area contributed by atoms with Gasteiger partial charge in [-0.15, -0.1) is 0 Å². The van der Waals surface area contributed by atoms with E-state index in [1.807, 2.05) is 0 Å². The molecule has 6 heteroatoms. The molecule has 0 unspecified atom stereocenters. The van der Waals surface area contributed by atoms with Gasteiger partial charge in [-0.25, -0.2) is 0 Å². The molecular formula is C42H70Cl2N2O2. The summed E-state index contributed by atoms with van der Waals surface area (Å²) in [4.78, 5) is 0. The van der Waals surface area contributed by atoms with Crippen LogP contribution in [0.2, 0.25) is 0 Å². The van der Waals surface area contributed by atoms with Crippen molar-refractivity contribution in [2.45, 2.75) is 130 Å². The molecule has 2 aliphatic heterocycles. The molecule has 2 fully saturated rings. The van der Waals surface area contributed by atoms with Crippen molar-refractivity contribution in [3.05, 3.63) is 59.7 Å². The number of benzene rings is 2. The summed E-state index contributed by atoms with van der Waals surface area (Å²) < 4.78 is 14.0. The molecule has 4 nitrogen and oxygen atoms in total. The van der Waals surface area contributed by atoms with E-state index in [2.05, 4.69) is 62.4 Å². The second kappa shape index (κ2) is 24.9. The SMILES string of the molecule is CCCCCCCCCC[N+]1(Cc2ccc(-c3ccc(C[N+]4(CCCCCCCCCC)CCOCC4)cc3)cc2)CCOCC1.[Cl-].[Cl-]. The van der Waals surface area contributed by atoms with E-state index in [1.165, 1.54) is 147 Å². The molecule has 0 atom stereocenters. The van der Waals surface area contributed by atoms with Gasteiger partial charge in [-0.1, -0.05) is 139 Å². The number of hydrogen-bond acceptors (Lipinski definition) is 2. The van der Waals surface area contributed by atoms with Crippen LogP contribution in [0.25, 0.3) is 11.1 Å². The highest BCUT2D eigenvalue weighted by atomic mass is 35.5. The van der Waals surface area contributed by atoms with Crippen LogP contribution >= 0.6 is 0 Å². The lowest BCUT2D eigenvalue weighted by molar-refractivity contribution is -0.947. The van der Waals surface area contributed by atoms with Gasteiger partial charge >= 0.3 is 0 Å². The van der Waals surface area contributed by atoms with Gasteiger partial charge in [0.25, 0.3) is 0 Å². The Morgan fingerprint density at radius 3 is 1.02 bits per heavy atom. The molecule has 48 heavy (non-hydrogen) atoms. The maximum Gasteiger partial charge on any atom is 0.104 e. The van der Waals surface area contributed by atoms with Crippen LogP contribution in [0.3, 0.4) is 0 Å². The number of unbranched alkanes of at least 4 members (excludes halogenated alkanes) is 14. The van der Waals surface area contributed by atoms with Crippen molar-refractivity contribution in [2.75, 3.05) is 65.7 Å². The predicted molar refractivity (Wildman–Crippen MR) is 196 cm³/mol. The molecule has 2 aliphatic rings. The van der Waals surface area contributed by atoms with E-state index in [-0.39, 0.29) is 24.8 Å². The predicted octanol–water partition coefficient (Wildman–Crippen LogP) is 4.34. The summed E-state index contributed by atoms with van der Waals surface area (Å²) in [5.74, 6) is 0. The maximum absolute atomic E-state index is 5.81. The largest absolute Gasteiger partial charge is 1.00 e. The van der Waals surface area contributed by atoms with Crippen LogP contribution in [0.5, 0.6) is 0 Å². The Hall–Kier alpha value is -1.14. The standard InChI is InChI=1S/C42H70N2O2.2ClH/c1-3-5-7-9-11-13-15-17-27-43(29-33-45-34-30-43)37-39-19-23-41(24-20-39)42-25-21-40(22-26-42)38-44(31-35-46-36-32-44)28-18-16-14-12-10-8-6-4-2;;/h19-26H,3-18,27-38H2,1-2H3;2*1H/q+2;;/p-2. The van der Waals surface area contributed by atoms with Gasteiger partial charge in [-0.05, 0) is 36.8 Å². The summed E-state index contributed by atoms with van der Waals surface area (Å²) in [5.41, 5.74) is 5.62. The molecule has 0 aliphatic carbocycles. The normalized spacial score (nSPS) is 17.0. The Balaban J connectivity index is 0.00000400. The first-order chi connectivity index (χ1) is 22.7. The number of halogens is 2. The highest BCUT2D eigenvalue weighted by molar-refractivity contribution is 5.63. The first kappa shape index (κ1) is 43.0. The van der Waals surface area contributed by atoms with Crippen molar-refractivity contribution in [1.29, 1.82) is 0 Å². The number of hydrogen-bond donors (Lipinski definition) is 0. The van der Waals surface area contributed by atoms with Gasteiger partial charge in [-0.3, -0.25) is 0 Å². The fourth-order valence-electron chi connectivity index (χ4n) is 7.92. The second-order valence-corrected chi connectivity index (χ2v) is 14.9. The average molecular weight is 706 g/mol. The van der Waals surface area contributed by atoms with Gasteiger partial charge in [0.05, 0.1) is 39.5 Å². The molecule has 0 saturated carbocycles. The molecule has 274 valence electrons. The molecule has 4 rings (SSSR count). The number of rotatable bonds is 23. The van der Waals surface area contributed by atoms with Gasteiger partial charge in [-0.2, -0.15) is 0 Å². The van der Waals surface area contributed by atoms with Crippen molar-refractivity contribution in [3.63, 3.8) is 0 Å². The molecule has 2 heterocycles. The molecule has 2 saturated heterocycles. The summed E-state index contributed by atoms with van der Waals surface area (Å²) in [5, 5.41) is 0. The highest BCUT2D eigenvalue weighted by Gasteiger charge is 2.31. The van der Waals surface area contributed by atoms with E-state index in [9.17, 15) is 0 Å². The lowest BCUT2D eigenvalue weighted by Crippen LogP contribution is -3.00. The smallest absolute Gasteiger partial charge is 0.104 e. The average Bonchev–Trinajstić information content (AvgIpc) is 3.09. The lowest BCUT2D eigenvalue weighted by atomic mass is 10.0. The summed E-state index contributed by atoms with van der Waals surface area (Å²) >= 11 is 0. The van der Waals surface area contributed by atoms with Gasteiger partial charge in [0.2, 0.25) is 0 Å².